The summed E-state index contributed by atoms with van der Waals surface area (Å²) in [4.78, 5) is 0. The zero-order chi connectivity index (χ0) is 4.00. The van der Waals surface area contributed by atoms with Crippen molar-refractivity contribution < 1.29 is 0 Å². The van der Waals surface area contributed by atoms with E-state index in [0.717, 1.165) is 0 Å². The van der Waals surface area contributed by atoms with Gasteiger partial charge in [-0.15, -0.1) is 11.6 Å². The Bertz CT molecular complexity index is 10.8. The van der Waals surface area contributed by atoms with Crippen LogP contribution in [0.1, 0.15) is 0 Å². The smallest absolute Gasteiger partial charge is 0.0108 e. The predicted octanol–water partition coefficient (Wildman–Crippen LogP) is 0.885. The highest BCUT2D eigenvalue weighted by atomic mass is 35.5. The first-order chi connectivity index (χ1) is 2.00. The van der Waals surface area contributed by atoms with E-state index < -0.39 is 0 Å². The average molecular weight is 78.5 g/mol. The monoisotopic (exact) mass is 78.0 g/mol. The van der Waals surface area contributed by atoms with Gasteiger partial charge in [0.25, 0.3) is 0 Å². The molecule has 0 atom stereocenters. The molecule has 3 heteroatoms. The summed E-state index contributed by atoms with van der Waals surface area (Å²) in [7, 11) is 0. The minimum absolute atomic E-state index is 1.47. The minimum atomic E-state index is 1.47. The molecule has 4 heavy (non-hydrogen) atoms. The zero-order valence-electron chi connectivity index (χ0n) is 2.27. The Hall–Kier alpha value is -0.290. The third kappa shape index (κ3) is 10.2. The second-order valence-electron chi connectivity index (χ2n) is 0. The van der Waals surface area contributed by atoms with Crippen molar-refractivity contribution in [2.45, 2.75) is 0 Å². The highest BCUT2D eigenvalue weighted by Crippen LogP contribution is 1.34. The average Bonchev–Trinajstić information content (AvgIpc) is 1.50. The van der Waals surface area contributed by atoms with Crippen molar-refractivity contribution >= 4 is 11.6 Å². The van der Waals surface area contributed by atoms with E-state index in [1.54, 1.807) is 0 Å². The fourth-order valence-corrected chi connectivity index (χ4v) is 0. The zero-order valence-corrected chi connectivity index (χ0v) is 3.03. The van der Waals surface area contributed by atoms with Crippen LogP contribution in [0.3, 0.4) is 0 Å². The number of alkyl halides is 1. The molecule has 0 unspecified atom stereocenters. The van der Waals surface area contributed by atoms with E-state index in [4.69, 9.17) is 10.8 Å². The van der Waals surface area contributed by atoms with Gasteiger partial charge in [-0.2, -0.15) is 0 Å². The normalized spacial score (nSPS) is 2.00. The Morgan fingerprint density at radius 2 is 1.25 bits per heavy atom. The molecule has 0 aliphatic heterocycles. The fourth-order valence-electron chi connectivity index (χ4n) is 0. The SMILES string of the molecule is CCl.N#N. The van der Waals surface area contributed by atoms with Crippen molar-refractivity contribution in [2.75, 3.05) is 6.38 Å². The number of hydrogen-bond acceptors (Lipinski definition) is 2. The summed E-state index contributed by atoms with van der Waals surface area (Å²) in [6.07, 6.45) is 1.47. The molecular weight excluding hydrogens is 75.5 g/mol. The van der Waals surface area contributed by atoms with Crippen molar-refractivity contribution in [1.29, 1.82) is 10.8 Å². The molecule has 0 saturated heterocycles. The molecule has 0 saturated carbocycles. The van der Waals surface area contributed by atoms with Crippen LogP contribution in [0.15, 0.2) is 0 Å². The van der Waals surface area contributed by atoms with Gasteiger partial charge in [-0.25, -0.2) is 0 Å². The summed E-state index contributed by atoms with van der Waals surface area (Å²) < 4.78 is 0. The minimum Gasteiger partial charge on any atom is -0.130 e. The molecule has 0 heterocycles. The van der Waals surface area contributed by atoms with Crippen LogP contribution in [0.5, 0.6) is 0 Å². The lowest BCUT2D eigenvalue weighted by atomic mass is 12.0. The highest BCUT2D eigenvalue weighted by Gasteiger charge is 0.943. The van der Waals surface area contributed by atoms with Crippen molar-refractivity contribution in [2.24, 2.45) is 0 Å². The molecule has 2 nitrogen and oxygen atoms in total. The van der Waals surface area contributed by atoms with Crippen LogP contribution in [0, 0.1) is 10.8 Å². The lowest BCUT2D eigenvalue weighted by Crippen LogP contribution is -0.852. The third-order valence-corrected chi connectivity index (χ3v) is 0. The second kappa shape index (κ2) is 94.2. The van der Waals surface area contributed by atoms with Gasteiger partial charge < -0.3 is 0 Å². The predicted molar refractivity (Wildman–Crippen MR) is 15.2 cm³/mol. The Morgan fingerprint density at radius 1 is 1.25 bits per heavy atom. The van der Waals surface area contributed by atoms with Crippen LogP contribution in [-0.4, -0.2) is 6.38 Å². The summed E-state index contributed by atoms with van der Waals surface area (Å²) in [5.74, 6) is 0. The van der Waals surface area contributed by atoms with Gasteiger partial charge in [0.05, 0.1) is 0 Å². The van der Waals surface area contributed by atoms with Crippen LogP contribution in [0.4, 0.5) is 0 Å². The van der Waals surface area contributed by atoms with Crippen LogP contribution < -0.4 is 0 Å². The molecule has 0 rings (SSSR count). The topological polar surface area (TPSA) is 47.6 Å². The largest absolute Gasteiger partial charge is 0.130 e. The van der Waals surface area contributed by atoms with Crippen LogP contribution in [0.2, 0.25) is 0 Å². The molecule has 0 aliphatic rings. The molecule has 0 spiro atoms. The van der Waals surface area contributed by atoms with E-state index in [1.165, 1.54) is 6.38 Å². The molecule has 24 valence electrons. The van der Waals surface area contributed by atoms with Gasteiger partial charge in [0.1, 0.15) is 0 Å². The first-order valence-electron chi connectivity index (χ1n) is 0.578. The van der Waals surface area contributed by atoms with Crippen molar-refractivity contribution in [3.63, 3.8) is 0 Å². The molecule has 0 aromatic carbocycles. The Kier molecular flexibility index (Phi) is 219. The number of rotatable bonds is 0. The van der Waals surface area contributed by atoms with E-state index >= 15 is 0 Å². The molecule has 0 aromatic rings. The maximum atomic E-state index is 6.00. The molecule has 0 fully saturated rings. The molecule has 0 bridgehead atoms. The summed E-state index contributed by atoms with van der Waals surface area (Å²) in [6, 6.07) is 0. The van der Waals surface area contributed by atoms with E-state index in [-0.39, 0.29) is 0 Å². The van der Waals surface area contributed by atoms with Gasteiger partial charge in [-0.3, -0.25) is 0 Å². The summed E-state index contributed by atoms with van der Waals surface area (Å²) in [5.41, 5.74) is 0. The first-order valence-corrected chi connectivity index (χ1v) is 1.33. The van der Waals surface area contributed by atoms with E-state index in [0.29, 0.717) is 0 Å². The van der Waals surface area contributed by atoms with Crippen molar-refractivity contribution in [3.05, 3.63) is 0 Å². The van der Waals surface area contributed by atoms with E-state index in [1.807, 2.05) is 0 Å². The summed E-state index contributed by atoms with van der Waals surface area (Å²) in [6.45, 7) is 0. The van der Waals surface area contributed by atoms with Gasteiger partial charge in [0, 0.05) is 17.2 Å². The molecule has 0 radical (unpaired) electrons. The van der Waals surface area contributed by atoms with Crippen LogP contribution in [0.25, 0.3) is 0 Å². The molecule has 0 N–H and O–H groups in total. The lowest BCUT2D eigenvalue weighted by molar-refractivity contribution is 1.15. The molecule has 0 aromatic heterocycles. The third-order valence-electron chi connectivity index (χ3n) is 0. The van der Waals surface area contributed by atoms with Gasteiger partial charge >= 0.3 is 0 Å². The highest BCUT2D eigenvalue weighted by molar-refractivity contribution is 6.15. The molecule has 0 aliphatic carbocycles. The van der Waals surface area contributed by atoms with Gasteiger partial charge in [0.2, 0.25) is 0 Å². The number of hydrogen-bond donors (Lipinski definition) is 0. The number of halogens is 1. The van der Waals surface area contributed by atoms with Gasteiger partial charge in [0.15, 0.2) is 0 Å². The Balaban J connectivity index is 0. The quantitative estimate of drug-likeness (QED) is 0.319. The Morgan fingerprint density at radius 3 is 1.25 bits per heavy atom. The maximum absolute atomic E-state index is 6.00. The number of nitrogens with zero attached hydrogens (tertiary/aromatic N) is 2. The van der Waals surface area contributed by atoms with Gasteiger partial charge in [-0.1, -0.05) is 0 Å². The molecular formula is CH3ClN2. The molecule has 0 amide bonds. The fraction of sp³-hybridized carbons (Fsp3) is 1.00. The summed E-state index contributed by atoms with van der Waals surface area (Å²) in [5, 5.41) is 12.0. The van der Waals surface area contributed by atoms with E-state index in [2.05, 4.69) is 11.6 Å². The first kappa shape index (κ1) is 9.32. The lowest BCUT2D eigenvalue weighted by Gasteiger charge is -1.06. The van der Waals surface area contributed by atoms with Crippen LogP contribution >= 0.6 is 11.6 Å². The van der Waals surface area contributed by atoms with Gasteiger partial charge in [-0.05, 0) is 0 Å². The standard InChI is InChI=1S/CH3Cl.N2/c2*1-2/h1H3;. The van der Waals surface area contributed by atoms with Crippen molar-refractivity contribution in [3.8, 4) is 0 Å². The van der Waals surface area contributed by atoms with E-state index in [9.17, 15) is 0 Å². The Labute approximate surface area is 29.8 Å². The summed E-state index contributed by atoms with van der Waals surface area (Å²) >= 11 is 4.64. The van der Waals surface area contributed by atoms with Crippen molar-refractivity contribution in [1.82, 2.24) is 0 Å². The maximum Gasteiger partial charge on any atom is 0.0108 e. The second-order valence-corrected chi connectivity index (χ2v) is 0. The van der Waals surface area contributed by atoms with Crippen LogP contribution in [-0.2, 0) is 0 Å².